The molecular weight excluding hydrogens is 338 g/mol. The van der Waals surface area contributed by atoms with E-state index >= 15 is 0 Å². The number of methoxy groups -OCH3 is 1. The zero-order valence-electron chi connectivity index (χ0n) is 11.2. The maximum atomic E-state index is 5.23. The summed E-state index contributed by atoms with van der Waals surface area (Å²) in [5.41, 5.74) is 1.72. The molecule has 0 fully saturated rings. The third kappa shape index (κ3) is 3.10. The molecule has 0 amide bonds. The molecule has 0 atom stereocenters. The van der Waals surface area contributed by atoms with Crippen LogP contribution in [0.25, 0.3) is 11.4 Å². The van der Waals surface area contributed by atoms with Crippen LogP contribution in [-0.4, -0.2) is 32.2 Å². The maximum absolute atomic E-state index is 5.23. The molecule has 0 saturated carbocycles. The Kier molecular flexibility index (Phi) is 3.96. The molecular formula is C13H12BrN5O2. The van der Waals surface area contributed by atoms with Crippen LogP contribution in [0.3, 0.4) is 0 Å². The normalized spacial score (nSPS) is 10.8. The highest BCUT2D eigenvalue weighted by atomic mass is 79.9. The number of ether oxygens (including phenoxy) is 1. The van der Waals surface area contributed by atoms with Crippen LogP contribution in [0.15, 0.2) is 35.0 Å². The molecule has 0 spiro atoms. The van der Waals surface area contributed by atoms with Crippen molar-refractivity contribution in [2.75, 3.05) is 7.11 Å². The first-order valence-corrected chi connectivity index (χ1v) is 7.32. The number of halogens is 1. The number of alkyl halides is 1. The largest absolute Gasteiger partial charge is 0.497 e. The Morgan fingerprint density at radius 2 is 2.10 bits per heavy atom. The molecule has 3 rings (SSSR count). The van der Waals surface area contributed by atoms with E-state index in [0.29, 0.717) is 23.6 Å². The van der Waals surface area contributed by atoms with Crippen LogP contribution in [-0.2, 0) is 11.9 Å². The molecule has 8 heteroatoms. The van der Waals surface area contributed by atoms with Gasteiger partial charge in [0.15, 0.2) is 0 Å². The molecule has 0 N–H and O–H groups in total. The van der Waals surface area contributed by atoms with Gasteiger partial charge in [-0.2, -0.15) is 4.98 Å². The Labute approximate surface area is 129 Å². The summed E-state index contributed by atoms with van der Waals surface area (Å²) in [6.07, 6.45) is 1.83. The highest BCUT2D eigenvalue weighted by Gasteiger charge is 2.10. The van der Waals surface area contributed by atoms with Crippen molar-refractivity contribution in [3.05, 3.63) is 42.0 Å². The fraction of sp³-hybridized carbons (Fsp3) is 0.231. The number of nitrogens with zero attached hydrogens (tertiary/aromatic N) is 5. The van der Waals surface area contributed by atoms with Crippen molar-refractivity contribution in [3.8, 4) is 17.1 Å². The minimum atomic E-state index is 0.392. The van der Waals surface area contributed by atoms with E-state index in [1.54, 1.807) is 11.8 Å². The first-order chi connectivity index (χ1) is 10.3. The summed E-state index contributed by atoms with van der Waals surface area (Å²) in [5.74, 6) is 1.80. The zero-order chi connectivity index (χ0) is 14.7. The van der Waals surface area contributed by atoms with Gasteiger partial charge in [0.2, 0.25) is 11.7 Å². The molecule has 0 aliphatic heterocycles. The second kappa shape index (κ2) is 6.04. The van der Waals surface area contributed by atoms with Crippen molar-refractivity contribution < 1.29 is 9.26 Å². The second-order valence-electron chi connectivity index (χ2n) is 4.28. The van der Waals surface area contributed by atoms with Gasteiger partial charge >= 0.3 is 0 Å². The molecule has 0 bridgehead atoms. The number of hydrogen-bond donors (Lipinski definition) is 0. The fourth-order valence-corrected chi connectivity index (χ4v) is 2.05. The van der Waals surface area contributed by atoms with Crippen molar-refractivity contribution in [1.82, 2.24) is 25.1 Å². The van der Waals surface area contributed by atoms with Crippen LogP contribution < -0.4 is 4.74 Å². The molecule has 21 heavy (non-hydrogen) atoms. The molecule has 0 unspecified atom stereocenters. The SMILES string of the molecule is COc1ccc(-c2noc(Cn3cc(CBr)nn3)n2)cc1. The van der Waals surface area contributed by atoms with E-state index in [0.717, 1.165) is 17.0 Å². The smallest absolute Gasteiger partial charge is 0.248 e. The third-order valence-electron chi connectivity index (χ3n) is 2.84. The molecule has 7 nitrogen and oxygen atoms in total. The Morgan fingerprint density at radius 1 is 1.29 bits per heavy atom. The van der Waals surface area contributed by atoms with Crippen molar-refractivity contribution >= 4 is 15.9 Å². The summed E-state index contributed by atoms with van der Waals surface area (Å²) in [6, 6.07) is 7.47. The first kappa shape index (κ1) is 13.7. The third-order valence-corrected chi connectivity index (χ3v) is 3.41. The van der Waals surface area contributed by atoms with Gasteiger partial charge in [0.1, 0.15) is 12.3 Å². The quantitative estimate of drug-likeness (QED) is 0.657. The van der Waals surface area contributed by atoms with Crippen molar-refractivity contribution in [1.29, 1.82) is 0 Å². The summed E-state index contributed by atoms with van der Waals surface area (Å²) < 4.78 is 12.0. The van der Waals surface area contributed by atoms with E-state index in [1.807, 2.05) is 30.5 Å². The topological polar surface area (TPSA) is 78.9 Å². The van der Waals surface area contributed by atoms with Crippen LogP contribution in [0.1, 0.15) is 11.6 Å². The Bertz CT molecular complexity index is 722. The van der Waals surface area contributed by atoms with Crippen LogP contribution in [0.5, 0.6) is 5.75 Å². The molecule has 1 aromatic carbocycles. The first-order valence-electron chi connectivity index (χ1n) is 6.20. The lowest BCUT2D eigenvalue weighted by Gasteiger charge is -1.98. The second-order valence-corrected chi connectivity index (χ2v) is 4.84. The van der Waals surface area contributed by atoms with Crippen molar-refractivity contribution in [2.45, 2.75) is 11.9 Å². The van der Waals surface area contributed by atoms with E-state index in [9.17, 15) is 0 Å². The van der Waals surface area contributed by atoms with E-state index in [1.165, 1.54) is 0 Å². The monoisotopic (exact) mass is 349 g/mol. The molecule has 0 aliphatic carbocycles. The van der Waals surface area contributed by atoms with Gasteiger partial charge in [-0.25, -0.2) is 4.68 Å². The Hall–Kier alpha value is -2.22. The van der Waals surface area contributed by atoms with Crippen LogP contribution >= 0.6 is 15.9 Å². The number of hydrogen-bond acceptors (Lipinski definition) is 6. The summed E-state index contributed by atoms with van der Waals surface area (Å²) in [4.78, 5) is 4.35. The van der Waals surface area contributed by atoms with Gasteiger partial charge in [0.05, 0.1) is 12.8 Å². The number of benzene rings is 1. The van der Waals surface area contributed by atoms with Gasteiger partial charge < -0.3 is 9.26 Å². The lowest BCUT2D eigenvalue weighted by Crippen LogP contribution is -2.00. The maximum Gasteiger partial charge on any atom is 0.248 e. The van der Waals surface area contributed by atoms with Gasteiger partial charge in [0.25, 0.3) is 0 Å². The Morgan fingerprint density at radius 3 is 2.76 bits per heavy atom. The van der Waals surface area contributed by atoms with Gasteiger partial charge in [-0.15, -0.1) is 5.10 Å². The average Bonchev–Trinajstić information content (AvgIpc) is 3.17. The molecule has 3 aromatic rings. The van der Waals surface area contributed by atoms with E-state index in [2.05, 4.69) is 36.4 Å². The standard InChI is InChI=1S/C13H12BrN5O2/c1-20-11-4-2-9(3-5-11)13-15-12(21-17-13)8-19-7-10(6-14)16-18-19/h2-5,7H,6,8H2,1H3. The van der Waals surface area contributed by atoms with Crippen molar-refractivity contribution in [2.24, 2.45) is 0 Å². The van der Waals surface area contributed by atoms with Crippen LogP contribution in [0.2, 0.25) is 0 Å². The summed E-state index contributed by atoms with van der Waals surface area (Å²) in [7, 11) is 1.63. The predicted octanol–water partition coefficient (Wildman–Crippen LogP) is 2.28. The Balaban J connectivity index is 1.75. The average molecular weight is 350 g/mol. The van der Waals surface area contributed by atoms with Crippen LogP contribution in [0.4, 0.5) is 0 Å². The summed E-state index contributed by atoms with van der Waals surface area (Å²) in [6.45, 7) is 0.392. The number of rotatable bonds is 5. The van der Waals surface area contributed by atoms with Crippen molar-refractivity contribution in [3.63, 3.8) is 0 Å². The summed E-state index contributed by atoms with van der Waals surface area (Å²) in [5, 5.41) is 12.6. The van der Waals surface area contributed by atoms with Gasteiger partial charge in [-0.05, 0) is 24.3 Å². The van der Waals surface area contributed by atoms with E-state index in [-0.39, 0.29) is 0 Å². The van der Waals surface area contributed by atoms with Gasteiger partial charge in [-0.3, -0.25) is 0 Å². The predicted molar refractivity (Wildman–Crippen MR) is 78.0 cm³/mol. The highest BCUT2D eigenvalue weighted by Crippen LogP contribution is 2.19. The number of aromatic nitrogens is 5. The fourth-order valence-electron chi connectivity index (χ4n) is 1.79. The molecule has 2 heterocycles. The molecule has 0 aliphatic rings. The van der Waals surface area contributed by atoms with Gasteiger partial charge in [0, 0.05) is 17.1 Å². The summed E-state index contributed by atoms with van der Waals surface area (Å²) >= 11 is 3.33. The van der Waals surface area contributed by atoms with Crippen LogP contribution in [0, 0.1) is 0 Å². The lowest BCUT2D eigenvalue weighted by atomic mass is 10.2. The molecule has 0 radical (unpaired) electrons. The lowest BCUT2D eigenvalue weighted by molar-refractivity contribution is 0.364. The molecule has 108 valence electrons. The minimum Gasteiger partial charge on any atom is -0.497 e. The van der Waals surface area contributed by atoms with Gasteiger partial charge in [-0.1, -0.05) is 26.3 Å². The van der Waals surface area contributed by atoms with E-state index in [4.69, 9.17) is 9.26 Å². The zero-order valence-corrected chi connectivity index (χ0v) is 12.8. The highest BCUT2D eigenvalue weighted by molar-refractivity contribution is 9.08. The minimum absolute atomic E-state index is 0.392. The van der Waals surface area contributed by atoms with E-state index < -0.39 is 0 Å². The molecule has 0 saturated heterocycles. The molecule has 2 aromatic heterocycles.